The molecule has 1 aromatic carbocycles. The Hall–Kier alpha value is -2.45. The third kappa shape index (κ3) is 6.33. The van der Waals surface area contributed by atoms with Crippen LogP contribution in [0.25, 0.3) is 0 Å². The Bertz CT molecular complexity index is 641. The molecule has 1 aliphatic rings. The predicted octanol–water partition coefficient (Wildman–Crippen LogP) is 3.37. The van der Waals surface area contributed by atoms with E-state index in [4.69, 9.17) is 9.84 Å². The van der Waals surface area contributed by atoms with Crippen LogP contribution in [0.15, 0.2) is 24.3 Å². The van der Waals surface area contributed by atoms with Gasteiger partial charge in [-0.3, -0.25) is 4.79 Å². The van der Waals surface area contributed by atoms with Crippen LogP contribution in [-0.2, 0) is 11.0 Å². The number of likely N-dealkylation sites (N-methyl/N-ethyl adjacent to an activating group) is 1. The van der Waals surface area contributed by atoms with Gasteiger partial charge in [0.15, 0.2) is 0 Å². The van der Waals surface area contributed by atoms with Crippen molar-refractivity contribution in [3.8, 4) is 5.75 Å². The third-order valence-electron chi connectivity index (χ3n) is 4.63. The number of amides is 2. The number of halogens is 3. The van der Waals surface area contributed by atoms with Gasteiger partial charge in [-0.25, -0.2) is 4.79 Å². The molecule has 0 spiro atoms. The molecule has 2 amide bonds. The van der Waals surface area contributed by atoms with E-state index in [2.05, 4.69) is 5.32 Å². The molecule has 6 nitrogen and oxygen atoms in total. The molecular weight excluding hydrogens is 365 g/mol. The second-order valence-electron chi connectivity index (χ2n) is 6.63. The van der Waals surface area contributed by atoms with E-state index in [9.17, 15) is 22.8 Å². The van der Waals surface area contributed by atoms with Gasteiger partial charge in [0.1, 0.15) is 12.4 Å². The van der Waals surface area contributed by atoms with Gasteiger partial charge in [0.05, 0.1) is 18.0 Å². The lowest BCUT2D eigenvalue weighted by Crippen LogP contribution is -2.45. The van der Waals surface area contributed by atoms with Gasteiger partial charge in [0.25, 0.3) is 0 Å². The molecule has 9 heteroatoms. The molecule has 1 aromatic rings. The number of carbonyl (C=O) groups excluding carboxylic acids is 1. The summed E-state index contributed by atoms with van der Waals surface area (Å²) in [4.78, 5) is 24.5. The van der Waals surface area contributed by atoms with Crippen molar-refractivity contribution in [2.24, 2.45) is 5.92 Å². The zero-order chi connectivity index (χ0) is 20.0. The fraction of sp³-hybridized carbons (Fsp3) is 0.556. The van der Waals surface area contributed by atoms with Gasteiger partial charge in [-0.15, -0.1) is 0 Å². The van der Waals surface area contributed by atoms with Crippen LogP contribution in [-0.4, -0.2) is 48.2 Å². The molecule has 1 saturated carbocycles. The highest BCUT2D eigenvalue weighted by Gasteiger charge is 2.30. The Balaban J connectivity index is 1.70. The maximum atomic E-state index is 12.5. The minimum atomic E-state index is -4.39. The minimum absolute atomic E-state index is 0.0496. The Morgan fingerprint density at radius 1 is 1.19 bits per heavy atom. The molecule has 1 aliphatic carbocycles. The van der Waals surface area contributed by atoms with Crippen molar-refractivity contribution in [3.63, 3.8) is 0 Å². The number of nitrogens with zero attached hydrogens (tertiary/aromatic N) is 1. The van der Waals surface area contributed by atoms with Crippen LogP contribution >= 0.6 is 0 Å². The molecule has 0 heterocycles. The van der Waals surface area contributed by atoms with E-state index in [1.807, 2.05) is 0 Å². The first kappa shape index (κ1) is 20.9. The van der Waals surface area contributed by atoms with Gasteiger partial charge in [-0.2, -0.15) is 13.2 Å². The molecule has 0 saturated heterocycles. The SMILES string of the molecule is CN(CCOc1ccc(C(F)(F)F)cc1)C(=O)NC1CCC(C(=O)O)CC1. The van der Waals surface area contributed by atoms with E-state index in [1.54, 1.807) is 7.05 Å². The number of alkyl halides is 3. The molecule has 0 bridgehead atoms. The fourth-order valence-corrected chi connectivity index (χ4v) is 2.91. The first-order valence-electron chi connectivity index (χ1n) is 8.71. The molecule has 1 fully saturated rings. The maximum Gasteiger partial charge on any atom is 0.416 e. The largest absolute Gasteiger partial charge is 0.492 e. The van der Waals surface area contributed by atoms with Crippen molar-refractivity contribution < 1.29 is 32.6 Å². The van der Waals surface area contributed by atoms with Crippen molar-refractivity contribution >= 4 is 12.0 Å². The molecule has 0 aliphatic heterocycles. The van der Waals surface area contributed by atoms with Crippen LogP contribution in [0.4, 0.5) is 18.0 Å². The number of carbonyl (C=O) groups is 2. The van der Waals surface area contributed by atoms with Crippen molar-refractivity contribution in [1.82, 2.24) is 10.2 Å². The molecule has 150 valence electrons. The monoisotopic (exact) mass is 388 g/mol. The normalized spacial score (nSPS) is 20.0. The molecule has 27 heavy (non-hydrogen) atoms. The molecular formula is C18H23F3N2O4. The second-order valence-corrected chi connectivity index (χ2v) is 6.63. The fourth-order valence-electron chi connectivity index (χ4n) is 2.91. The number of nitrogens with one attached hydrogen (secondary N) is 1. The summed E-state index contributed by atoms with van der Waals surface area (Å²) in [5.74, 6) is -0.839. The van der Waals surface area contributed by atoms with E-state index in [0.717, 1.165) is 12.1 Å². The molecule has 2 N–H and O–H groups in total. The van der Waals surface area contributed by atoms with Gasteiger partial charge in [-0.1, -0.05) is 0 Å². The summed E-state index contributed by atoms with van der Waals surface area (Å²) in [7, 11) is 1.59. The van der Waals surface area contributed by atoms with Gasteiger partial charge in [0, 0.05) is 13.1 Å². The van der Waals surface area contributed by atoms with Gasteiger partial charge in [0.2, 0.25) is 0 Å². The second kappa shape index (κ2) is 8.96. The molecule has 0 radical (unpaired) electrons. The number of hydrogen-bond acceptors (Lipinski definition) is 3. The summed E-state index contributed by atoms with van der Waals surface area (Å²) in [6.45, 7) is 0.401. The van der Waals surface area contributed by atoms with Crippen molar-refractivity contribution in [2.45, 2.75) is 37.9 Å². The average molecular weight is 388 g/mol. The van der Waals surface area contributed by atoms with Crippen molar-refractivity contribution in [2.75, 3.05) is 20.2 Å². The maximum absolute atomic E-state index is 12.5. The first-order valence-corrected chi connectivity index (χ1v) is 8.71. The van der Waals surface area contributed by atoms with Crippen LogP contribution in [0.2, 0.25) is 0 Å². The summed E-state index contributed by atoms with van der Waals surface area (Å²) in [5.41, 5.74) is -0.746. The third-order valence-corrected chi connectivity index (χ3v) is 4.63. The average Bonchev–Trinajstić information content (AvgIpc) is 2.61. The smallest absolute Gasteiger partial charge is 0.416 e. The van der Waals surface area contributed by atoms with Crippen molar-refractivity contribution in [1.29, 1.82) is 0 Å². The molecule has 0 atom stereocenters. The lowest BCUT2D eigenvalue weighted by atomic mass is 9.86. The summed E-state index contributed by atoms with van der Waals surface area (Å²) in [6, 6.07) is 4.03. The highest BCUT2D eigenvalue weighted by Crippen LogP contribution is 2.30. The summed E-state index contributed by atoms with van der Waals surface area (Å²) in [6.07, 6.45) is -2.06. The van der Waals surface area contributed by atoms with Crippen molar-refractivity contribution in [3.05, 3.63) is 29.8 Å². The molecule has 0 unspecified atom stereocenters. The quantitative estimate of drug-likeness (QED) is 0.783. The zero-order valence-electron chi connectivity index (χ0n) is 15.0. The van der Waals surface area contributed by atoms with Gasteiger partial charge >= 0.3 is 18.2 Å². The molecule has 0 aromatic heterocycles. The highest BCUT2D eigenvalue weighted by atomic mass is 19.4. The number of aliphatic carboxylic acids is 1. The zero-order valence-corrected chi connectivity index (χ0v) is 15.0. The van der Waals surface area contributed by atoms with E-state index < -0.39 is 17.7 Å². The van der Waals surface area contributed by atoms with Crippen LogP contribution in [0.5, 0.6) is 5.75 Å². The predicted molar refractivity (Wildman–Crippen MR) is 91.5 cm³/mol. The Labute approximate surface area is 155 Å². The van der Waals surface area contributed by atoms with E-state index in [0.29, 0.717) is 31.4 Å². The van der Waals surface area contributed by atoms with Crippen LogP contribution in [0.3, 0.4) is 0 Å². The number of hydrogen-bond donors (Lipinski definition) is 2. The lowest BCUT2D eigenvalue weighted by molar-refractivity contribution is -0.143. The summed E-state index contributed by atoms with van der Waals surface area (Å²) < 4.78 is 42.9. The lowest BCUT2D eigenvalue weighted by Gasteiger charge is -2.28. The number of carboxylic acid groups (broad SMARTS) is 1. The summed E-state index contributed by atoms with van der Waals surface area (Å²) in [5, 5.41) is 11.8. The first-order chi connectivity index (χ1) is 12.7. The number of rotatable bonds is 6. The van der Waals surface area contributed by atoms with E-state index >= 15 is 0 Å². The van der Waals surface area contributed by atoms with Crippen LogP contribution in [0, 0.1) is 5.92 Å². The van der Waals surface area contributed by atoms with Gasteiger partial charge < -0.3 is 20.1 Å². The molecule has 2 rings (SSSR count). The highest BCUT2D eigenvalue weighted by molar-refractivity contribution is 5.74. The minimum Gasteiger partial charge on any atom is -0.492 e. The topological polar surface area (TPSA) is 78.9 Å². The van der Waals surface area contributed by atoms with E-state index in [-0.39, 0.29) is 31.1 Å². The van der Waals surface area contributed by atoms with Gasteiger partial charge in [-0.05, 0) is 49.9 Å². The van der Waals surface area contributed by atoms with E-state index in [1.165, 1.54) is 17.0 Å². The van der Waals surface area contributed by atoms with Crippen LogP contribution in [0.1, 0.15) is 31.2 Å². The number of carboxylic acids is 1. The Morgan fingerprint density at radius 3 is 2.30 bits per heavy atom. The number of benzene rings is 1. The summed E-state index contributed by atoms with van der Waals surface area (Å²) >= 11 is 0. The Morgan fingerprint density at radius 2 is 1.78 bits per heavy atom. The Kier molecular flexibility index (Phi) is 6.92. The standard InChI is InChI=1S/C18H23F3N2O4/c1-23(17(26)22-14-6-2-12(3-7-14)16(24)25)10-11-27-15-8-4-13(5-9-15)18(19,20)21/h4-5,8-9,12,14H,2-3,6-7,10-11H2,1H3,(H,22,26)(H,24,25). The number of ether oxygens (including phenoxy) is 1. The van der Waals surface area contributed by atoms with Crippen LogP contribution < -0.4 is 10.1 Å². The number of urea groups is 1.